The first kappa shape index (κ1) is 22.7. The van der Waals surface area contributed by atoms with Crippen LogP contribution in [0, 0.1) is 6.92 Å². The Balaban J connectivity index is 1.63. The predicted molar refractivity (Wildman–Crippen MR) is 134 cm³/mol. The van der Waals surface area contributed by atoms with Gasteiger partial charge in [-0.1, -0.05) is 61.5 Å². The van der Waals surface area contributed by atoms with E-state index >= 15 is 0 Å². The van der Waals surface area contributed by atoms with Gasteiger partial charge in [-0.2, -0.15) is 0 Å². The number of para-hydroxylation sites is 1. The van der Waals surface area contributed by atoms with Gasteiger partial charge in [0.1, 0.15) is 0 Å². The average molecular weight is 458 g/mol. The summed E-state index contributed by atoms with van der Waals surface area (Å²) in [5.41, 5.74) is 4.99. The molecular weight excluding hydrogens is 430 g/mol. The molecular formula is C26H27N5OS. The number of carbonyl (C=O) groups is 1. The molecule has 0 aliphatic heterocycles. The van der Waals surface area contributed by atoms with Crippen LogP contribution in [0.2, 0.25) is 0 Å². The molecule has 0 spiro atoms. The monoisotopic (exact) mass is 457 g/mol. The van der Waals surface area contributed by atoms with Crippen LogP contribution in [0.25, 0.3) is 17.1 Å². The molecule has 2 heterocycles. The van der Waals surface area contributed by atoms with Gasteiger partial charge in [-0.25, -0.2) is 0 Å². The van der Waals surface area contributed by atoms with Gasteiger partial charge in [0.15, 0.2) is 11.0 Å². The zero-order chi connectivity index (χ0) is 23.4. The third-order valence-corrected chi connectivity index (χ3v) is 6.40. The van der Waals surface area contributed by atoms with E-state index in [2.05, 4.69) is 53.4 Å². The lowest BCUT2D eigenvalue weighted by Crippen LogP contribution is -2.23. The number of hydrogen-bond donors (Lipinski definition) is 1. The number of hydrogen-bond acceptors (Lipinski definition) is 5. The molecule has 33 heavy (non-hydrogen) atoms. The van der Waals surface area contributed by atoms with E-state index in [9.17, 15) is 4.79 Å². The highest BCUT2D eigenvalue weighted by Gasteiger charge is 2.22. The number of nitrogens with zero attached hydrogens (tertiary/aromatic N) is 4. The first-order valence-electron chi connectivity index (χ1n) is 10.9. The topological polar surface area (TPSA) is 72.7 Å². The molecule has 0 bridgehead atoms. The van der Waals surface area contributed by atoms with Crippen LogP contribution >= 0.6 is 11.8 Å². The lowest BCUT2D eigenvalue weighted by atomic mass is 10.0. The van der Waals surface area contributed by atoms with E-state index < -0.39 is 0 Å². The molecule has 4 aromatic rings. The van der Waals surface area contributed by atoms with Gasteiger partial charge in [0, 0.05) is 29.3 Å². The Morgan fingerprint density at radius 3 is 2.33 bits per heavy atom. The number of rotatable bonds is 7. The maximum Gasteiger partial charge on any atom is 0.237 e. The second kappa shape index (κ2) is 10.0. The molecule has 0 radical (unpaired) electrons. The van der Waals surface area contributed by atoms with Crippen molar-refractivity contribution in [2.75, 3.05) is 5.32 Å². The zero-order valence-corrected chi connectivity index (χ0v) is 20.0. The molecule has 7 heteroatoms. The number of aromatic nitrogens is 4. The van der Waals surface area contributed by atoms with Crippen LogP contribution in [0.5, 0.6) is 0 Å². The molecule has 4 rings (SSSR count). The Hall–Kier alpha value is -3.45. The summed E-state index contributed by atoms with van der Waals surface area (Å²) in [5.74, 6) is 0.954. The van der Waals surface area contributed by atoms with Crippen molar-refractivity contribution in [2.45, 2.75) is 44.0 Å². The second-order valence-electron chi connectivity index (χ2n) is 8.20. The standard InChI is InChI=1S/C26H27N5OS/c1-17(2)22-7-5-6-8-23(22)28-25(32)19(4)33-26-30-29-24(20-13-15-27-16-14-20)31(26)21-11-9-18(3)10-12-21/h5-17,19H,1-4H3,(H,28,32). The molecule has 1 unspecified atom stereocenters. The van der Waals surface area contributed by atoms with Gasteiger partial charge < -0.3 is 5.32 Å². The van der Waals surface area contributed by atoms with E-state index in [1.165, 1.54) is 17.3 Å². The molecule has 0 saturated carbocycles. The third kappa shape index (κ3) is 5.14. The van der Waals surface area contributed by atoms with Crippen LogP contribution in [0.3, 0.4) is 0 Å². The number of carbonyl (C=O) groups excluding carboxylic acids is 1. The number of pyridine rings is 1. The minimum atomic E-state index is -0.371. The molecule has 168 valence electrons. The summed E-state index contributed by atoms with van der Waals surface area (Å²) in [6, 6.07) is 19.9. The maximum atomic E-state index is 13.1. The molecule has 0 aliphatic rings. The fourth-order valence-electron chi connectivity index (χ4n) is 3.52. The quantitative estimate of drug-likeness (QED) is 0.351. The van der Waals surface area contributed by atoms with Gasteiger partial charge >= 0.3 is 0 Å². The van der Waals surface area contributed by atoms with E-state index in [1.807, 2.05) is 60.0 Å². The van der Waals surface area contributed by atoms with Crippen molar-refractivity contribution in [3.05, 3.63) is 84.2 Å². The Morgan fingerprint density at radius 2 is 1.64 bits per heavy atom. The summed E-state index contributed by atoms with van der Waals surface area (Å²) < 4.78 is 1.99. The Bertz CT molecular complexity index is 1240. The minimum absolute atomic E-state index is 0.0722. The van der Waals surface area contributed by atoms with E-state index in [4.69, 9.17) is 0 Å². The smallest absolute Gasteiger partial charge is 0.237 e. The van der Waals surface area contributed by atoms with Crippen molar-refractivity contribution in [3.8, 4) is 17.1 Å². The second-order valence-corrected chi connectivity index (χ2v) is 9.51. The van der Waals surface area contributed by atoms with Gasteiger partial charge in [-0.3, -0.25) is 14.3 Å². The largest absolute Gasteiger partial charge is 0.325 e. The number of nitrogens with one attached hydrogen (secondary N) is 1. The fourth-order valence-corrected chi connectivity index (χ4v) is 4.39. The van der Waals surface area contributed by atoms with Crippen LogP contribution in [0.15, 0.2) is 78.2 Å². The highest BCUT2D eigenvalue weighted by molar-refractivity contribution is 8.00. The zero-order valence-electron chi connectivity index (χ0n) is 19.2. The predicted octanol–water partition coefficient (Wildman–Crippen LogP) is 5.88. The normalized spacial score (nSPS) is 12.0. The first-order chi connectivity index (χ1) is 15.9. The summed E-state index contributed by atoms with van der Waals surface area (Å²) in [6.45, 7) is 8.18. The molecule has 0 saturated heterocycles. The summed E-state index contributed by atoms with van der Waals surface area (Å²) in [7, 11) is 0. The van der Waals surface area contributed by atoms with Crippen LogP contribution in [-0.4, -0.2) is 30.9 Å². The number of benzene rings is 2. The molecule has 6 nitrogen and oxygen atoms in total. The SMILES string of the molecule is Cc1ccc(-n2c(SC(C)C(=O)Nc3ccccc3C(C)C)nnc2-c2ccncc2)cc1. The van der Waals surface area contributed by atoms with E-state index in [-0.39, 0.29) is 11.2 Å². The van der Waals surface area contributed by atoms with Crippen molar-refractivity contribution in [1.29, 1.82) is 0 Å². The summed E-state index contributed by atoms with van der Waals surface area (Å²) in [5, 5.41) is 12.3. The number of amides is 1. The number of aryl methyl sites for hydroxylation is 1. The maximum absolute atomic E-state index is 13.1. The summed E-state index contributed by atoms with van der Waals surface area (Å²) >= 11 is 1.39. The Kier molecular flexibility index (Phi) is 6.89. The van der Waals surface area contributed by atoms with Gasteiger partial charge in [0.2, 0.25) is 5.91 Å². The number of thioether (sulfide) groups is 1. The molecule has 2 aromatic heterocycles. The minimum Gasteiger partial charge on any atom is -0.325 e. The van der Waals surface area contributed by atoms with E-state index in [0.29, 0.717) is 16.9 Å². The van der Waals surface area contributed by atoms with Gasteiger partial charge in [-0.05, 0) is 55.7 Å². The average Bonchev–Trinajstić information content (AvgIpc) is 3.23. The molecule has 1 N–H and O–H groups in total. The molecule has 2 aromatic carbocycles. The molecule has 1 atom stereocenters. The van der Waals surface area contributed by atoms with Crippen molar-refractivity contribution in [3.63, 3.8) is 0 Å². The van der Waals surface area contributed by atoms with Crippen molar-refractivity contribution in [2.24, 2.45) is 0 Å². The van der Waals surface area contributed by atoms with Crippen molar-refractivity contribution in [1.82, 2.24) is 19.7 Å². The summed E-state index contributed by atoms with van der Waals surface area (Å²) in [6.07, 6.45) is 3.47. The van der Waals surface area contributed by atoms with Crippen LogP contribution < -0.4 is 5.32 Å². The lowest BCUT2D eigenvalue weighted by Gasteiger charge is -2.17. The molecule has 0 fully saturated rings. The van der Waals surface area contributed by atoms with Gasteiger partial charge in [-0.15, -0.1) is 10.2 Å². The van der Waals surface area contributed by atoms with Crippen LogP contribution in [0.1, 0.15) is 37.8 Å². The van der Waals surface area contributed by atoms with E-state index in [1.54, 1.807) is 12.4 Å². The van der Waals surface area contributed by atoms with Crippen LogP contribution in [0.4, 0.5) is 5.69 Å². The fraction of sp³-hybridized carbons (Fsp3) is 0.231. The summed E-state index contributed by atoms with van der Waals surface area (Å²) in [4.78, 5) is 17.2. The van der Waals surface area contributed by atoms with Crippen molar-refractivity contribution >= 4 is 23.4 Å². The van der Waals surface area contributed by atoms with E-state index in [0.717, 1.165) is 22.5 Å². The highest BCUT2D eigenvalue weighted by atomic mass is 32.2. The van der Waals surface area contributed by atoms with Crippen LogP contribution in [-0.2, 0) is 4.79 Å². The molecule has 1 amide bonds. The third-order valence-electron chi connectivity index (χ3n) is 5.36. The van der Waals surface area contributed by atoms with Crippen molar-refractivity contribution < 1.29 is 4.79 Å². The first-order valence-corrected chi connectivity index (χ1v) is 11.8. The lowest BCUT2D eigenvalue weighted by molar-refractivity contribution is -0.115. The molecule has 0 aliphatic carbocycles. The van der Waals surface area contributed by atoms with Gasteiger partial charge in [0.05, 0.1) is 5.25 Å². The number of anilines is 1. The highest BCUT2D eigenvalue weighted by Crippen LogP contribution is 2.31. The Morgan fingerprint density at radius 1 is 0.939 bits per heavy atom. The Labute approximate surface area is 198 Å². The van der Waals surface area contributed by atoms with Gasteiger partial charge in [0.25, 0.3) is 0 Å².